The van der Waals surface area contributed by atoms with Crippen LogP contribution in [0.15, 0.2) is 59.7 Å². The average molecular weight is 700 g/mol. The van der Waals surface area contributed by atoms with Crippen molar-refractivity contribution in [3.05, 3.63) is 86.4 Å². The van der Waals surface area contributed by atoms with Crippen LogP contribution in [0.3, 0.4) is 0 Å². The third-order valence-electron chi connectivity index (χ3n) is 8.71. The molecule has 1 aliphatic heterocycles. The van der Waals surface area contributed by atoms with Crippen molar-refractivity contribution in [3.63, 3.8) is 0 Å². The first-order valence-electron chi connectivity index (χ1n) is 15.7. The second-order valence-corrected chi connectivity index (χ2v) is 14.1. The molecule has 0 aromatic heterocycles. The lowest BCUT2D eigenvalue weighted by Gasteiger charge is -2.32. The van der Waals surface area contributed by atoms with Crippen LogP contribution >= 0.6 is 34.8 Å². The van der Waals surface area contributed by atoms with Crippen LogP contribution in [0.5, 0.6) is 5.75 Å². The van der Waals surface area contributed by atoms with Crippen molar-refractivity contribution in [2.45, 2.75) is 91.4 Å². The molecule has 47 heavy (non-hydrogen) atoms. The molecule has 0 atom stereocenters. The molecular formula is C36H41Cl3N4O4. The molecule has 250 valence electrons. The van der Waals surface area contributed by atoms with Gasteiger partial charge >= 0.3 is 0 Å². The number of hydrogen-bond acceptors (Lipinski definition) is 5. The number of hydroxylamine groups is 1. The van der Waals surface area contributed by atoms with Crippen LogP contribution in [0, 0.1) is 0 Å². The summed E-state index contributed by atoms with van der Waals surface area (Å²) in [4.78, 5) is 46.2. The monoisotopic (exact) mass is 698 g/mol. The van der Waals surface area contributed by atoms with Crippen molar-refractivity contribution >= 4 is 69.7 Å². The lowest BCUT2D eigenvalue weighted by atomic mass is 9.76. The summed E-state index contributed by atoms with van der Waals surface area (Å²) in [6, 6.07) is 15.6. The van der Waals surface area contributed by atoms with E-state index < -0.39 is 11.8 Å². The molecule has 4 rings (SSSR count). The van der Waals surface area contributed by atoms with Crippen molar-refractivity contribution < 1.29 is 19.2 Å². The number of nitrogens with one attached hydrogen (secondary N) is 1. The highest BCUT2D eigenvalue weighted by atomic mass is 35.5. The molecule has 0 radical (unpaired) electrons. The molecule has 0 aliphatic carbocycles. The summed E-state index contributed by atoms with van der Waals surface area (Å²) in [5, 5.41) is 9.87. The number of amides is 3. The second-order valence-electron chi connectivity index (χ2n) is 12.9. The van der Waals surface area contributed by atoms with Gasteiger partial charge in [0.05, 0.1) is 22.2 Å². The van der Waals surface area contributed by atoms with Gasteiger partial charge in [-0.2, -0.15) is 10.1 Å². The molecule has 0 saturated heterocycles. The highest BCUT2D eigenvalue weighted by molar-refractivity contribution is 6.42. The van der Waals surface area contributed by atoms with E-state index in [1.807, 2.05) is 13.0 Å². The Morgan fingerprint density at radius 1 is 0.936 bits per heavy atom. The number of carbonyl (C=O) groups is 3. The van der Waals surface area contributed by atoms with Gasteiger partial charge in [-0.25, -0.2) is 0 Å². The summed E-state index contributed by atoms with van der Waals surface area (Å²) >= 11 is 18.6. The fourth-order valence-electron chi connectivity index (χ4n) is 5.00. The number of rotatable bonds is 11. The first-order valence-corrected chi connectivity index (χ1v) is 16.9. The van der Waals surface area contributed by atoms with Crippen LogP contribution in [0.4, 0.5) is 11.4 Å². The minimum absolute atomic E-state index is 0.0326. The van der Waals surface area contributed by atoms with Crippen LogP contribution in [-0.4, -0.2) is 23.6 Å². The maximum absolute atomic E-state index is 13.5. The van der Waals surface area contributed by atoms with Crippen molar-refractivity contribution in [3.8, 4) is 5.75 Å². The number of hydrazone groups is 1. The SMILES string of the molecule is CCCC(=O)N(Oc1ccc(C(C)(C)CC)cc1C(C)(C)CC)c1cccc(C(=O)NC2=NN(c3c(Cl)cc(Cl)cc3Cl)C(=O)C2)c1. The lowest BCUT2D eigenvalue weighted by molar-refractivity contribution is -0.122. The van der Waals surface area contributed by atoms with E-state index in [-0.39, 0.29) is 56.7 Å². The Kier molecular flexibility index (Phi) is 11.3. The zero-order valence-corrected chi connectivity index (χ0v) is 30.1. The first kappa shape index (κ1) is 36.2. The first-order chi connectivity index (χ1) is 22.1. The zero-order valence-electron chi connectivity index (χ0n) is 27.8. The normalized spacial score (nSPS) is 13.4. The van der Waals surface area contributed by atoms with E-state index in [0.717, 1.165) is 23.4 Å². The Morgan fingerprint density at radius 2 is 1.60 bits per heavy atom. The Morgan fingerprint density at radius 3 is 2.21 bits per heavy atom. The maximum atomic E-state index is 13.5. The second kappa shape index (κ2) is 14.7. The molecule has 3 aromatic rings. The molecule has 11 heteroatoms. The minimum atomic E-state index is -0.518. The summed E-state index contributed by atoms with van der Waals surface area (Å²) in [5.74, 6) is -0.504. The fraction of sp³-hybridized carbons (Fsp3) is 0.389. The third-order valence-corrected chi connectivity index (χ3v) is 9.50. The fourth-order valence-corrected chi connectivity index (χ4v) is 5.98. The van der Waals surface area contributed by atoms with Gasteiger partial charge in [0.2, 0.25) is 0 Å². The molecule has 1 heterocycles. The molecule has 0 fully saturated rings. The number of halogens is 3. The van der Waals surface area contributed by atoms with Gasteiger partial charge in [-0.05, 0) is 72.1 Å². The highest BCUT2D eigenvalue weighted by Gasteiger charge is 2.31. The van der Waals surface area contributed by atoms with Gasteiger partial charge in [0.15, 0.2) is 5.75 Å². The van der Waals surface area contributed by atoms with Crippen LogP contribution < -0.4 is 20.2 Å². The highest BCUT2D eigenvalue weighted by Crippen LogP contribution is 2.40. The molecule has 0 saturated carbocycles. The predicted molar refractivity (Wildman–Crippen MR) is 191 cm³/mol. The Labute approximate surface area is 292 Å². The summed E-state index contributed by atoms with van der Waals surface area (Å²) in [6.45, 7) is 15.0. The largest absolute Gasteiger partial charge is 0.372 e. The van der Waals surface area contributed by atoms with Gasteiger partial charge in [-0.3, -0.25) is 14.4 Å². The van der Waals surface area contributed by atoms with Crippen LogP contribution in [0.25, 0.3) is 0 Å². The van der Waals surface area contributed by atoms with Crippen LogP contribution in [-0.2, 0) is 20.4 Å². The van der Waals surface area contributed by atoms with E-state index in [4.69, 9.17) is 39.6 Å². The molecule has 0 spiro atoms. The van der Waals surface area contributed by atoms with E-state index in [1.165, 1.54) is 22.8 Å². The van der Waals surface area contributed by atoms with Crippen molar-refractivity contribution in [2.75, 3.05) is 10.1 Å². The third kappa shape index (κ3) is 8.11. The van der Waals surface area contributed by atoms with Gasteiger partial charge < -0.3 is 10.2 Å². The zero-order chi connectivity index (χ0) is 34.7. The number of anilines is 2. The molecule has 8 nitrogen and oxygen atoms in total. The summed E-state index contributed by atoms with van der Waals surface area (Å²) in [5.41, 5.74) is 2.73. The van der Waals surface area contributed by atoms with E-state index in [1.54, 1.807) is 24.3 Å². The number of hydrogen-bond donors (Lipinski definition) is 1. The number of amidine groups is 1. The van der Waals surface area contributed by atoms with Gasteiger partial charge in [-0.15, -0.1) is 5.06 Å². The quantitative estimate of drug-likeness (QED) is 0.202. The molecular weight excluding hydrogens is 659 g/mol. The van der Waals surface area contributed by atoms with Gasteiger partial charge in [0.1, 0.15) is 11.5 Å². The molecule has 1 aliphatic rings. The molecule has 0 unspecified atom stereocenters. The summed E-state index contributed by atoms with van der Waals surface area (Å²) in [7, 11) is 0. The summed E-state index contributed by atoms with van der Waals surface area (Å²) < 4.78 is 0. The maximum Gasteiger partial charge on any atom is 0.259 e. The standard InChI is InChI=1S/C36H41Cl3N4O4/c1-8-12-31(44)43(47-29-16-15-23(35(4,5)9-2)18-26(29)36(6,7)10-3)25-14-11-13-22(17-25)34(46)40-30-21-32(45)42(41-30)33-27(38)19-24(37)20-28(33)39/h11,13-20H,8-10,12,21H2,1-7H3,(H,40,41,46). The van der Waals surface area contributed by atoms with Crippen molar-refractivity contribution in [1.82, 2.24) is 5.32 Å². The molecule has 1 N–H and O–H groups in total. The van der Waals surface area contributed by atoms with E-state index in [0.29, 0.717) is 22.9 Å². The van der Waals surface area contributed by atoms with Gasteiger partial charge in [-0.1, -0.05) is 101 Å². The molecule has 0 bridgehead atoms. The van der Waals surface area contributed by atoms with Crippen LogP contribution in [0.2, 0.25) is 15.1 Å². The Bertz CT molecular complexity index is 1700. The lowest BCUT2D eigenvalue weighted by Crippen LogP contribution is -2.35. The molecule has 3 amide bonds. The van der Waals surface area contributed by atoms with Crippen LogP contribution in [0.1, 0.15) is 102 Å². The average Bonchev–Trinajstić information content (AvgIpc) is 3.38. The number of carbonyl (C=O) groups excluding carboxylic acids is 3. The van der Waals surface area contributed by atoms with E-state index >= 15 is 0 Å². The Hall–Kier alpha value is -3.59. The number of benzene rings is 3. The van der Waals surface area contributed by atoms with Crippen molar-refractivity contribution in [2.24, 2.45) is 5.10 Å². The van der Waals surface area contributed by atoms with E-state index in [2.05, 4.69) is 64.1 Å². The molecule has 3 aromatic carbocycles. The predicted octanol–water partition coefficient (Wildman–Crippen LogP) is 9.63. The Balaban J connectivity index is 1.65. The topological polar surface area (TPSA) is 91.3 Å². The smallest absolute Gasteiger partial charge is 0.259 e. The van der Waals surface area contributed by atoms with E-state index in [9.17, 15) is 14.4 Å². The number of nitrogens with zero attached hydrogens (tertiary/aromatic N) is 3. The van der Waals surface area contributed by atoms with Gasteiger partial charge in [0.25, 0.3) is 17.7 Å². The minimum Gasteiger partial charge on any atom is -0.372 e. The van der Waals surface area contributed by atoms with Gasteiger partial charge in [0, 0.05) is 22.6 Å². The van der Waals surface area contributed by atoms with Crippen molar-refractivity contribution in [1.29, 1.82) is 0 Å². The summed E-state index contributed by atoms with van der Waals surface area (Å²) in [6.07, 6.45) is 2.51.